The summed E-state index contributed by atoms with van der Waals surface area (Å²) >= 11 is 1.70. The number of ketones is 1. The second-order valence-corrected chi connectivity index (χ2v) is 8.96. The van der Waals surface area contributed by atoms with Gasteiger partial charge in [-0.25, -0.2) is 0 Å². The Labute approximate surface area is 211 Å². The van der Waals surface area contributed by atoms with Crippen LogP contribution in [0.1, 0.15) is 75.7 Å². The van der Waals surface area contributed by atoms with Gasteiger partial charge in [-0.1, -0.05) is 63.2 Å². The number of carbonyl (C=O) groups is 2. The molecule has 2 rings (SSSR count). The molecule has 0 saturated heterocycles. The number of Topliss-reactive ketones (excluding diaryl/α,β-unsaturated/α-hetero) is 1. The number of hydrogen-bond donors (Lipinski definition) is 1. The first-order chi connectivity index (χ1) is 16.7. The predicted octanol–water partition coefficient (Wildman–Crippen LogP) is 5.28. The van der Waals surface area contributed by atoms with Crippen molar-refractivity contribution in [1.82, 2.24) is 5.32 Å². The van der Waals surface area contributed by atoms with Crippen LogP contribution in [0.4, 0.5) is 0 Å². The Bertz CT molecular complexity index is 958. The SMILES string of the molecule is CCCCc1ccc(Sc2ccc(C(=O)CC(CC)(CC)NC(C)=O)cc2)cc1.O=C=O.O=C=O. The summed E-state index contributed by atoms with van der Waals surface area (Å²) in [5.41, 5.74) is 1.61. The van der Waals surface area contributed by atoms with Gasteiger partial charge in [0.1, 0.15) is 0 Å². The number of hydrogen-bond acceptors (Lipinski definition) is 7. The fourth-order valence-corrected chi connectivity index (χ4v) is 4.27. The van der Waals surface area contributed by atoms with Crippen molar-refractivity contribution >= 4 is 35.8 Å². The molecule has 2 aromatic rings. The Balaban J connectivity index is 0.00000174. The quantitative estimate of drug-likeness (QED) is 0.418. The van der Waals surface area contributed by atoms with E-state index in [-0.39, 0.29) is 24.0 Å². The molecule has 0 aromatic heterocycles. The normalized spacial score (nSPS) is 9.83. The highest BCUT2D eigenvalue weighted by atomic mass is 32.2. The number of carbonyl (C=O) groups excluding carboxylic acids is 6. The third-order valence-electron chi connectivity index (χ3n) is 5.45. The van der Waals surface area contributed by atoms with Crippen LogP contribution in [0, 0.1) is 0 Å². The molecule has 188 valence electrons. The summed E-state index contributed by atoms with van der Waals surface area (Å²) in [7, 11) is 0. The van der Waals surface area contributed by atoms with Gasteiger partial charge < -0.3 is 5.32 Å². The number of rotatable bonds is 11. The van der Waals surface area contributed by atoms with Gasteiger partial charge in [-0.3, -0.25) is 9.59 Å². The lowest BCUT2D eigenvalue weighted by Crippen LogP contribution is -2.48. The van der Waals surface area contributed by atoms with Crippen molar-refractivity contribution in [3.63, 3.8) is 0 Å². The fourth-order valence-electron chi connectivity index (χ4n) is 3.45. The van der Waals surface area contributed by atoms with Gasteiger partial charge >= 0.3 is 12.3 Å². The van der Waals surface area contributed by atoms with E-state index in [1.807, 2.05) is 38.1 Å². The first kappa shape index (κ1) is 31.7. The molecule has 0 atom stereocenters. The molecule has 0 aliphatic heterocycles. The standard InChI is InChI=1S/C25H33NO2S.2CO2/c1-5-8-9-20-10-14-22(15-11-20)29-23-16-12-21(13-17-23)24(28)18-25(6-2,7-3)26-19(4)27;2*2-1-3/h10-17H,5-9,18H2,1-4H3,(H,26,27);;. The Morgan fingerprint density at radius 3 is 1.69 bits per heavy atom. The molecular formula is C27H33NO6S. The maximum absolute atomic E-state index is 12.8. The molecule has 1 N–H and O–H groups in total. The summed E-state index contributed by atoms with van der Waals surface area (Å²) in [5, 5.41) is 2.99. The van der Waals surface area contributed by atoms with Crippen molar-refractivity contribution in [3.05, 3.63) is 59.7 Å². The molecule has 0 unspecified atom stereocenters. The average Bonchev–Trinajstić information content (AvgIpc) is 2.84. The number of aryl methyl sites for hydroxylation is 1. The van der Waals surface area contributed by atoms with Crippen molar-refractivity contribution in [2.24, 2.45) is 0 Å². The summed E-state index contributed by atoms with van der Waals surface area (Å²) in [6.45, 7) is 7.75. The molecular weight excluding hydrogens is 466 g/mol. The van der Waals surface area contributed by atoms with Crippen LogP contribution >= 0.6 is 11.8 Å². The van der Waals surface area contributed by atoms with Gasteiger partial charge in [0, 0.05) is 34.2 Å². The van der Waals surface area contributed by atoms with Gasteiger partial charge in [-0.15, -0.1) is 0 Å². The van der Waals surface area contributed by atoms with Crippen LogP contribution < -0.4 is 5.32 Å². The average molecular weight is 500 g/mol. The first-order valence-corrected chi connectivity index (χ1v) is 12.2. The molecule has 0 heterocycles. The van der Waals surface area contributed by atoms with Crippen molar-refractivity contribution in [2.45, 2.75) is 81.5 Å². The van der Waals surface area contributed by atoms with Crippen molar-refractivity contribution in [3.8, 4) is 0 Å². The molecule has 0 bridgehead atoms. The Morgan fingerprint density at radius 2 is 1.29 bits per heavy atom. The second-order valence-electron chi connectivity index (χ2n) is 7.81. The van der Waals surface area contributed by atoms with Crippen LogP contribution in [0.25, 0.3) is 0 Å². The molecule has 8 heteroatoms. The zero-order valence-electron chi connectivity index (χ0n) is 20.7. The van der Waals surface area contributed by atoms with E-state index in [1.165, 1.54) is 30.2 Å². The molecule has 0 aliphatic carbocycles. The van der Waals surface area contributed by atoms with E-state index in [2.05, 4.69) is 36.5 Å². The molecule has 7 nitrogen and oxygen atoms in total. The molecule has 35 heavy (non-hydrogen) atoms. The highest BCUT2D eigenvalue weighted by Crippen LogP contribution is 2.29. The fraction of sp³-hybridized carbons (Fsp3) is 0.407. The van der Waals surface area contributed by atoms with Crippen molar-refractivity contribution < 1.29 is 28.8 Å². The summed E-state index contributed by atoms with van der Waals surface area (Å²) in [6.07, 6.45) is 5.86. The maximum Gasteiger partial charge on any atom is 0.373 e. The molecule has 0 aliphatic rings. The van der Waals surface area contributed by atoms with Crippen LogP contribution in [0.3, 0.4) is 0 Å². The first-order valence-electron chi connectivity index (χ1n) is 11.4. The summed E-state index contributed by atoms with van der Waals surface area (Å²) in [4.78, 5) is 59.2. The van der Waals surface area contributed by atoms with Gasteiger partial charge in [0.15, 0.2) is 5.78 Å². The largest absolute Gasteiger partial charge is 0.373 e. The number of unbranched alkanes of at least 4 members (excludes halogenated alkanes) is 1. The zero-order chi connectivity index (χ0) is 26.7. The van der Waals surface area contributed by atoms with E-state index in [1.54, 1.807) is 11.8 Å². The van der Waals surface area contributed by atoms with Gasteiger partial charge in [0.2, 0.25) is 5.91 Å². The van der Waals surface area contributed by atoms with E-state index < -0.39 is 5.54 Å². The smallest absolute Gasteiger partial charge is 0.350 e. The van der Waals surface area contributed by atoms with Crippen LogP contribution in [-0.2, 0) is 30.4 Å². The molecule has 0 radical (unpaired) electrons. The third-order valence-corrected chi connectivity index (χ3v) is 6.46. The monoisotopic (exact) mass is 499 g/mol. The maximum atomic E-state index is 12.8. The Kier molecular flexibility index (Phi) is 16.4. The lowest BCUT2D eigenvalue weighted by Gasteiger charge is -2.32. The minimum Gasteiger partial charge on any atom is -0.350 e. The van der Waals surface area contributed by atoms with E-state index in [4.69, 9.17) is 19.2 Å². The summed E-state index contributed by atoms with van der Waals surface area (Å²) < 4.78 is 0. The molecule has 2 aromatic carbocycles. The van der Waals surface area contributed by atoms with Gasteiger partial charge in [0.25, 0.3) is 0 Å². The Morgan fingerprint density at radius 1 is 0.829 bits per heavy atom. The van der Waals surface area contributed by atoms with E-state index >= 15 is 0 Å². The number of amides is 1. The van der Waals surface area contributed by atoms with Crippen molar-refractivity contribution in [2.75, 3.05) is 0 Å². The lowest BCUT2D eigenvalue weighted by atomic mass is 9.85. The zero-order valence-corrected chi connectivity index (χ0v) is 21.5. The highest BCUT2D eigenvalue weighted by Gasteiger charge is 2.30. The second kappa shape index (κ2) is 18.1. The highest BCUT2D eigenvalue weighted by molar-refractivity contribution is 7.99. The van der Waals surface area contributed by atoms with Crippen LogP contribution in [-0.4, -0.2) is 29.5 Å². The van der Waals surface area contributed by atoms with E-state index in [9.17, 15) is 9.59 Å². The lowest BCUT2D eigenvalue weighted by molar-refractivity contribution is -0.193. The number of benzene rings is 2. The molecule has 1 amide bonds. The third kappa shape index (κ3) is 12.6. The van der Waals surface area contributed by atoms with Crippen molar-refractivity contribution in [1.29, 1.82) is 0 Å². The predicted molar refractivity (Wildman–Crippen MR) is 132 cm³/mol. The molecule has 0 saturated carbocycles. The van der Waals surface area contributed by atoms with Crippen LogP contribution in [0.5, 0.6) is 0 Å². The topological polar surface area (TPSA) is 114 Å². The molecule has 0 spiro atoms. The summed E-state index contributed by atoms with van der Waals surface area (Å²) in [5.74, 6) is -0.0202. The number of nitrogens with one attached hydrogen (secondary N) is 1. The minimum atomic E-state index is -0.462. The van der Waals surface area contributed by atoms with Crippen LogP contribution in [0.15, 0.2) is 58.3 Å². The van der Waals surface area contributed by atoms with Gasteiger partial charge in [0.05, 0.1) is 0 Å². The minimum absolute atomic E-state index is 0.0688. The van der Waals surface area contributed by atoms with Gasteiger partial charge in [-0.2, -0.15) is 19.2 Å². The van der Waals surface area contributed by atoms with Crippen LogP contribution in [0.2, 0.25) is 0 Å². The Hall–Kier alpha value is -3.31. The van der Waals surface area contributed by atoms with E-state index in [0.717, 1.165) is 24.2 Å². The van der Waals surface area contributed by atoms with E-state index in [0.29, 0.717) is 12.0 Å². The molecule has 0 fully saturated rings. The summed E-state index contributed by atoms with van der Waals surface area (Å²) in [6, 6.07) is 16.5. The van der Waals surface area contributed by atoms with Gasteiger partial charge in [-0.05, 0) is 55.5 Å².